The van der Waals surface area contributed by atoms with E-state index >= 15 is 0 Å². The summed E-state index contributed by atoms with van der Waals surface area (Å²) in [6, 6.07) is 3.97. The van der Waals surface area contributed by atoms with Crippen molar-refractivity contribution in [3.63, 3.8) is 0 Å². The van der Waals surface area contributed by atoms with Gasteiger partial charge in [0.25, 0.3) is 0 Å². The van der Waals surface area contributed by atoms with Gasteiger partial charge in [0, 0.05) is 25.6 Å². The van der Waals surface area contributed by atoms with Gasteiger partial charge in [-0.05, 0) is 38.4 Å². The Labute approximate surface area is 152 Å². The molecule has 0 spiro atoms. The summed E-state index contributed by atoms with van der Waals surface area (Å²) in [7, 11) is 2.03. The molecule has 4 heterocycles. The lowest BCUT2D eigenvalue weighted by Crippen LogP contribution is -2.25. The zero-order chi connectivity index (χ0) is 17.9. The van der Waals surface area contributed by atoms with Crippen LogP contribution in [0.15, 0.2) is 43.1 Å². The first-order chi connectivity index (χ1) is 12.7. The number of pyridine rings is 1. The highest BCUT2D eigenvalue weighted by Gasteiger charge is 2.28. The van der Waals surface area contributed by atoms with E-state index in [9.17, 15) is 0 Å². The molecule has 26 heavy (non-hydrogen) atoms. The van der Waals surface area contributed by atoms with Crippen molar-refractivity contribution in [1.29, 1.82) is 0 Å². The van der Waals surface area contributed by atoms with E-state index in [-0.39, 0.29) is 6.04 Å². The molecule has 0 aliphatic carbocycles. The second kappa shape index (κ2) is 7.21. The molecule has 0 radical (unpaired) electrons. The first-order valence-electron chi connectivity index (χ1n) is 8.82. The summed E-state index contributed by atoms with van der Waals surface area (Å²) in [5.41, 5.74) is 1.77. The third kappa shape index (κ3) is 3.43. The fourth-order valence-electron chi connectivity index (χ4n) is 3.34. The van der Waals surface area contributed by atoms with Crippen molar-refractivity contribution < 1.29 is 4.74 Å². The SMILES string of the molecule is Cc1ncccc1Oc1cncc(C2CCCN2Cc2nccn2C)n1. The van der Waals surface area contributed by atoms with Gasteiger partial charge in [0.05, 0.1) is 36.4 Å². The molecule has 1 saturated heterocycles. The molecule has 3 aromatic rings. The highest BCUT2D eigenvalue weighted by molar-refractivity contribution is 5.29. The van der Waals surface area contributed by atoms with Gasteiger partial charge in [0.2, 0.25) is 5.88 Å². The van der Waals surface area contributed by atoms with Crippen molar-refractivity contribution >= 4 is 0 Å². The number of likely N-dealkylation sites (tertiary alicyclic amines) is 1. The normalized spacial score (nSPS) is 17.5. The van der Waals surface area contributed by atoms with Gasteiger partial charge < -0.3 is 9.30 Å². The minimum absolute atomic E-state index is 0.234. The van der Waals surface area contributed by atoms with Gasteiger partial charge in [0.1, 0.15) is 5.82 Å². The highest BCUT2D eigenvalue weighted by Crippen LogP contribution is 2.32. The predicted octanol–water partition coefficient (Wildman–Crippen LogP) is 3.04. The highest BCUT2D eigenvalue weighted by atomic mass is 16.5. The van der Waals surface area contributed by atoms with Crippen molar-refractivity contribution in [1.82, 2.24) is 29.4 Å². The molecule has 0 aromatic carbocycles. The molecule has 1 fully saturated rings. The zero-order valence-corrected chi connectivity index (χ0v) is 15.0. The van der Waals surface area contributed by atoms with Gasteiger partial charge in [-0.3, -0.25) is 14.9 Å². The van der Waals surface area contributed by atoms with Crippen molar-refractivity contribution in [2.24, 2.45) is 7.05 Å². The summed E-state index contributed by atoms with van der Waals surface area (Å²) in [6.07, 6.45) is 11.3. The third-order valence-corrected chi connectivity index (χ3v) is 4.77. The molecule has 4 rings (SSSR count). The quantitative estimate of drug-likeness (QED) is 0.704. The molecular formula is C19H22N6O. The lowest BCUT2D eigenvalue weighted by atomic mass is 10.1. The van der Waals surface area contributed by atoms with E-state index in [2.05, 4.69) is 24.4 Å². The van der Waals surface area contributed by atoms with E-state index in [4.69, 9.17) is 9.72 Å². The lowest BCUT2D eigenvalue weighted by Gasteiger charge is -2.23. The molecule has 0 saturated carbocycles. The van der Waals surface area contributed by atoms with Crippen LogP contribution in [0.1, 0.15) is 36.1 Å². The van der Waals surface area contributed by atoms with Crippen LogP contribution >= 0.6 is 0 Å². The van der Waals surface area contributed by atoms with Crippen molar-refractivity contribution in [3.05, 3.63) is 60.3 Å². The van der Waals surface area contributed by atoms with Crippen LogP contribution in [-0.2, 0) is 13.6 Å². The topological polar surface area (TPSA) is 69.0 Å². The van der Waals surface area contributed by atoms with Crippen LogP contribution < -0.4 is 4.74 Å². The van der Waals surface area contributed by atoms with Crippen LogP contribution in [0.2, 0.25) is 0 Å². The largest absolute Gasteiger partial charge is 0.436 e. The molecule has 1 aliphatic rings. The van der Waals surface area contributed by atoms with E-state index in [0.717, 1.165) is 43.1 Å². The molecule has 0 N–H and O–H groups in total. The number of nitrogens with zero attached hydrogens (tertiary/aromatic N) is 6. The maximum absolute atomic E-state index is 5.90. The average molecular weight is 350 g/mol. The maximum atomic E-state index is 5.90. The van der Waals surface area contributed by atoms with Crippen molar-refractivity contribution in [2.75, 3.05) is 6.54 Å². The van der Waals surface area contributed by atoms with Crippen LogP contribution in [0.25, 0.3) is 0 Å². The Morgan fingerprint density at radius 3 is 2.96 bits per heavy atom. The Bertz CT molecular complexity index is 893. The van der Waals surface area contributed by atoms with Gasteiger partial charge >= 0.3 is 0 Å². The van der Waals surface area contributed by atoms with E-state index in [1.54, 1.807) is 12.4 Å². The summed E-state index contributed by atoms with van der Waals surface area (Å²) >= 11 is 0. The monoisotopic (exact) mass is 350 g/mol. The van der Waals surface area contributed by atoms with Gasteiger partial charge in [-0.1, -0.05) is 0 Å². The summed E-state index contributed by atoms with van der Waals surface area (Å²) in [6.45, 7) is 3.76. The molecule has 134 valence electrons. The Hall–Kier alpha value is -2.80. The van der Waals surface area contributed by atoms with E-state index in [0.29, 0.717) is 11.6 Å². The van der Waals surface area contributed by atoms with Crippen LogP contribution in [-0.4, -0.2) is 35.9 Å². The van der Waals surface area contributed by atoms with Gasteiger partial charge in [-0.15, -0.1) is 0 Å². The van der Waals surface area contributed by atoms with Crippen molar-refractivity contribution in [2.45, 2.75) is 32.4 Å². The summed E-state index contributed by atoms with van der Waals surface area (Å²) in [5.74, 6) is 2.26. The minimum Gasteiger partial charge on any atom is -0.436 e. The van der Waals surface area contributed by atoms with Crippen LogP contribution in [0, 0.1) is 6.92 Å². The summed E-state index contributed by atoms with van der Waals surface area (Å²) in [5, 5.41) is 0. The fraction of sp³-hybridized carbons (Fsp3) is 0.368. The van der Waals surface area contributed by atoms with Crippen LogP contribution in [0.5, 0.6) is 11.6 Å². The first-order valence-corrected chi connectivity index (χ1v) is 8.82. The molecule has 3 aromatic heterocycles. The second-order valence-electron chi connectivity index (χ2n) is 6.55. The molecule has 0 bridgehead atoms. The number of hydrogen-bond acceptors (Lipinski definition) is 6. The second-order valence-corrected chi connectivity index (χ2v) is 6.55. The van der Waals surface area contributed by atoms with E-state index in [1.165, 1.54) is 0 Å². The third-order valence-electron chi connectivity index (χ3n) is 4.77. The minimum atomic E-state index is 0.234. The summed E-state index contributed by atoms with van der Waals surface area (Å²) < 4.78 is 7.96. The molecule has 7 nitrogen and oxygen atoms in total. The van der Waals surface area contributed by atoms with E-state index < -0.39 is 0 Å². The zero-order valence-electron chi connectivity index (χ0n) is 15.0. The number of aryl methyl sites for hydroxylation is 2. The number of aromatic nitrogens is 5. The number of hydrogen-bond donors (Lipinski definition) is 0. The molecule has 1 atom stereocenters. The van der Waals surface area contributed by atoms with Crippen molar-refractivity contribution in [3.8, 4) is 11.6 Å². The van der Waals surface area contributed by atoms with Gasteiger partial charge in [0.15, 0.2) is 5.75 Å². The standard InChI is InChI=1S/C19H22N6O/c1-14-17(6-3-7-21-14)26-19-12-20-11-15(23-19)16-5-4-9-25(16)13-18-22-8-10-24(18)2/h3,6-8,10-12,16H,4-5,9,13H2,1-2H3. The Morgan fingerprint density at radius 1 is 1.23 bits per heavy atom. The van der Waals surface area contributed by atoms with Crippen LogP contribution in [0.4, 0.5) is 0 Å². The average Bonchev–Trinajstić information content (AvgIpc) is 3.27. The fourth-order valence-corrected chi connectivity index (χ4v) is 3.34. The smallest absolute Gasteiger partial charge is 0.238 e. The molecular weight excluding hydrogens is 328 g/mol. The number of imidazole rings is 1. The predicted molar refractivity (Wildman–Crippen MR) is 96.7 cm³/mol. The molecule has 1 unspecified atom stereocenters. The first kappa shape index (κ1) is 16.7. The molecule has 1 aliphatic heterocycles. The van der Waals surface area contributed by atoms with E-state index in [1.807, 2.05) is 44.7 Å². The Kier molecular flexibility index (Phi) is 4.62. The number of rotatable bonds is 5. The Balaban J connectivity index is 1.53. The lowest BCUT2D eigenvalue weighted by molar-refractivity contribution is 0.234. The summed E-state index contributed by atoms with van der Waals surface area (Å²) in [4.78, 5) is 20.2. The van der Waals surface area contributed by atoms with Gasteiger partial charge in [-0.2, -0.15) is 0 Å². The number of ether oxygens (including phenoxy) is 1. The molecule has 7 heteroatoms. The van der Waals surface area contributed by atoms with Gasteiger partial charge in [-0.25, -0.2) is 9.97 Å². The maximum Gasteiger partial charge on any atom is 0.238 e. The Morgan fingerprint density at radius 2 is 2.15 bits per heavy atom. The van der Waals surface area contributed by atoms with Crippen LogP contribution in [0.3, 0.4) is 0 Å². The molecule has 0 amide bonds.